The van der Waals surface area contributed by atoms with E-state index in [0.29, 0.717) is 16.4 Å². The summed E-state index contributed by atoms with van der Waals surface area (Å²) < 4.78 is 17.4. The van der Waals surface area contributed by atoms with Gasteiger partial charge in [-0.3, -0.25) is 9.48 Å². The molecule has 10 heteroatoms. The van der Waals surface area contributed by atoms with Crippen LogP contribution in [0.5, 0.6) is 0 Å². The fourth-order valence-corrected chi connectivity index (χ4v) is 4.05. The molecule has 0 spiro atoms. The average molecular weight is 426 g/mol. The van der Waals surface area contributed by atoms with E-state index >= 15 is 0 Å². The number of hydrogen-bond acceptors (Lipinski definition) is 5. The molecule has 0 aliphatic heterocycles. The number of hydrogen-bond donors (Lipinski definition) is 1. The Morgan fingerprint density at radius 2 is 1.97 bits per heavy atom. The molecule has 0 saturated carbocycles. The Morgan fingerprint density at radius 1 is 1.20 bits per heavy atom. The van der Waals surface area contributed by atoms with Crippen LogP contribution in [0, 0.1) is 12.7 Å². The molecule has 0 bridgehead atoms. The minimum atomic E-state index is -0.333. The number of nitrogens with one attached hydrogen (secondary N) is 1. The molecular formula is C20H19FN6O2S. The molecule has 1 N–H and O–H groups in total. The Kier molecular flexibility index (Phi) is 5.32. The maximum absolute atomic E-state index is 13.1. The minimum Gasteiger partial charge on any atom is -0.347 e. The van der Waals surface area contributed by atoms with Gasteiger partial charge in [-0.1, -0.05) is 12.1 Å². The highest BCUT2D eigenvalue weighted by Gasteiger charge is 2.17. The van der Waals surface area contributed by atoms with Gasteiger partial charge in [0.2, 0.25) is 0 Å². The molecule has 3 aromatic heterocycles. The lowest BCUT2D eigenvalue weighted by molar-refractivity contribution is 0.0954. The van der Waals surface area contributed by atoms with Crippen LogP contribution >= 0.6 is 11.3 Å². The van der Waals surface area contributed by atoms with E-state index in [9.17, 15) is 14.0 Å². The molecule has 0 radical (unpaired) electrons. The highest BCUT2D eigenvalue weighted by molar-refractivity contribution is 7.16. The van der Waals surface area contributed by atoms with Gasteiger partial charge < -0.3 is 5.32 Å². The number of amides is 1. The summed E-state index contributed by atoms with van der Waals surface area (Å²) in [5, 5.41) is 11.7. The Labute approximate surface area is 175 Å². The molecule has 0 unspecified atom stereocenters. The first-order chi connectivity index (χ1) is 14.4. The van der Waals surface area contributed by atoms with Gasteiger partial charge in [-0.05, 0) is 36.2 Å². The van der Waals surface area contributed by atoms with Gasteiger partial charge in [-0.25, -0.2) is 18.4 Å². The summed E-state index contributed by atoms with van der Waals surface area (Å²) in [5.41, 5.74) is 2.11. The van der Waals surface area contributed by atoms with Crippen molar-refractivity contribution in [3.8, 4) is 5.00 Å². The summed E-state index contributed by atoms with van der Waals surface area (Å²) in [5.74, 6) is -0.542. The number of aryl methyl sites for hydroxylation is 2. The molecule has 0 aliphatic rings. The van der Waals surface area contributed by atoms with Crippen LogP contribution in [0.3, 0.4) is 0 Å². The molecule has 154 valence electrons. The maximum atomic E-state index is 13.1. The van der Waals surface area contributed by atoms with Crippen LogP contribution in [0.25, 0.3) is 5.00 Å². The highest BCUT2D eigenvalue weighted by Crippen LogP contribution is 2.24. The van der Waals surface area contributed by atoms with Crippen LogP contribution in [0.1, 0.15) is 26.4 Å². The van der Waals surface area contributed by atoms with Crippen LogP contribution in [-0.4, -0.2) is 30.0 Å². The largest absolute Gasteiger partial charge is 0.351 e. The second-order valence-electron chi connectivity index (χ2n) is 6.87. The van der Waals surface area contributed by atoms with Crippen molar-refractivity contribution in [2.45, 2.75) is 20.0 Å². The molecule has 30 heavy (non-hydrogen) atoms. The predicted octanol–water partition coefficient (Wildman–Crippen LogP) is 2.25. The topological polar surface area (TPSA) is 86.7 Å². The zero-order chi connectivity index (χ0) is 21.3. The van der Waals surface area contributed by atoms with E-state index in [1.165, 1.54) is 39.0 Å². The van der Waals surface area contributed by atoms with Crippen LogP contribution in [0.15, 0.2) is 53.8 Å². The lowest BCUT2D eigenvalue weighted by atomic mass is 10.2. The molecule has 0 aliphatic carbocycles. The fraction of sp³-hybridized carbons (Fsp3) is 0.200. The van der Waals surface area contributed by atoms with Crippen LogP contribution < -0.4 is 11.0 Å². The Hall–Kier alpha value is -3.53. The summed E-state index contributed by atoms with van der Waals surface area (Å²) in [7, 11) is 1.81. The van der Waals surface area contributed by atoms with E-state index in [1.54, 1.807) is 29.1 Å². The molecular weight excluding hydrogens is 407 g/mol. The summed E-state index contributed by atoms with van der Waals surface area (Å²) in [6.07, 6.45) is 4.96. The Bertz CT molecular complexity index is 1250. The first-order valence-electron chi connectivity index (χ1n) is 9.16. The van der Waals surface area contributed by atoms with Crippen LogP contribution in [-0.2, 0) is 20.1 Å². The number of carbonyl (C=O) groups is 1. The molecule has 3 heterocycles. The zero-order valence-electron chi connectivity index (χ0n) is 16.4. The smallest absolute Gasteiger partial charge is 0.347 e. The van der Waals surface area contributed by atoms with E-state index in [0.717, 1.165) is 16.7 Å². The lowest BCUT2D eigenvalue weighted by Crippen LogP contribution is -2.24. The SMILES string of the molecule is Cc1cc(-n2cnn(Cc3ccc(F)cc3)c2=O)sc1C(=O)NCc1cnn(C)c1. The van der Waals surface area contributed by atoms with Crippen molar-refractivity contribution >= 4 is 17.2 Å². The zero-order valence-corrected chi connectivity index (χ0v) is 17.2. The minimum absolute atomic E-state index is 0.209. The normalized spacial score (nSPS) is 11.0. The summed E-state index contributed by atoms with van der Waals surface area (Å²) >= 11 is 1.22. The maximum Gasteiger partial charge on any atom is 0.351 e. The average Bonchev–Trinajstić information content (AvgIpc) is 3.41. The second kappa shape index (κ2) is 8.07. The highest BCUT2D eigenvalue weighted by atomic mass is 32.1. The summed E-state index contributed by atoms with van der Waals surface area (Å²) in [6, 6.07) is 7.70. The van der Waals surface area contributed by atoms with Gasteiger partial charge in [0, 0.05) is 25.4 Å². The third-order valence-electron chi connectivity index (χ3n) is 4.54. The molecule has 0 atom stereocenters. The van der Waals surface area contributed by atoms with E-state index in [-0.39, 0.29) is 24.0 Å². The number of carbonyl (C=O) groups excluding carboxylic acids is 1. The number of rotatable bonds is 6. The van der Waals surface area contributed by atoms with Crippen molar-refractivity contribution < 1.29 is 9.18 Å². The van der Waals surface area contributed by atoms with Crippen molar-refractivity contribution in [1.82, 2.24) is 29.4 Å². The van der Waals surface area contributed by atoms with Gasteiger partial charge >= 0.3 is 5.69 Å². The van der Waals surface area contributed by atoms with Gasteiger partial charge in [-0.15, -0.1) is 11.3 Å². The van der Waals surface area contributed by atoms with Crippen molar-refractivity contribution in [1.29, 1.82) is 0 Å². The summed E-state index contributed by atoms with van der Waals surface area (Å²) in [6.45, 7) is 2.43. The van der Waals surface area contributed by atoms with Gasteiger partial charge in [0.1, 0.15) is 17.1 Å². The number of nitrogens with zero attached hydrogens (tertiary/aromatic N) is 5. The van der Waals surface area contributed by atoms with Gasteiger partial charge in [0.05, 0.1) is 17.6 Å². The molecule has 4 aromatic rings. The first-order valence-corrected chi connectivity index (χ1v) is 9.98. The molecule has 0 fully saturated rings. The number of thiophene rings is 1. The van der Waals surface area contributed by atoms with Crippen molar-refractivity contribution in [3.63, 3.8) is 0 Å². The number of halogens is 1. The summed E-state index contributed by atoms with van der Waals surface area (Å²) in [4.78, 5) is 25.8. The van der Waals surface area contributed by atoms with Gasteiger partial charge in [0.25, 0.3) is 5.91 Å². The van der Waals surface area contributed by atoms with E-state index < -0.39 is 0 Å². The van der Waals surface area contributed by atoms with Gasteiger partial charge in [-0.2, -0.15) is 10.2 Å². The van der Waals surface area contributed by atoms with Crippen LogP contribution in [0.4, 0.5) is 4.39 Å². The van der Waals surface area contributed by atoms with Crippen molar-refractivity contribution in [3.05, 3.63) is 86.9 Å². The van der Waals surface area contributed by atoms with E-state index in [4.69, 9.17) is 0 Å². The standard InChI is InChI=1S/C20H19FN6O2S/c1-13-7-17(30-18(13)19(28)22-8-15-9-23-25(2)10-15)26-12-24-27(20(26)29)11-14-3-5-16(21)6-4-14/h3-7,9-10,12H,8,11H2,1-2H3,(H,22,28). The fourth-order valence-electron chi connectivity index (χ4n) is 2.99. The quantitative estimate of drug-likeness (QED) is 0.512. The lowest BCUT2D eigenvalue weighted by Gasteiger charge is -2.02. The van der Waals surface area contributed by atoms with Crippen molar-refractivity contribution in [2.24, 2.45) is 7.05 Å². The number of benzene rings is 1. The second-order valence-corrected chi connectivity index (χ2v) is 7.90. The Balaban J connectivity index is 1.51. The predicted molar refractivity (Wildman–Crippen MR) is 110 cm³/mol. The van der Waals surface area contributed by atoms with E-state index in [2.05, 4.69) is 15.5 Å². The Morgan fingerprint density at radius 3 is 2.67 bits per heavy atom. The molecule has 8 nitrogen and oxygen atoms in total. The number of aromatic nitrogens is 5. The molecule has 4 rings (SSSR count). The van der Waals surface area contributed by atoms with Gasteiger partial charge in [0.15, 0.2) is 0 Å². The molecule has 0 saturated heterocycles. The monoisotopic (exact) mass is 426 g/mol. The first kappa shape index (κ1) is 19.8. The third kappa shape index (κ3) is 4.08. The molecule has 1 amide bonds. The van der Waals surface area contributed by atoms with E-state index in [1.807, 2.05) is 20.2 Å². The third-order valence-corrected chi connectivity index (χ3v) is 5.77. The molecule has 1 aromatic carbocycles. The van der Waals surface area contributed by atoms with Crippen molar-refractivity contribution in [2.75, 3.05) is 0 Å². The van der Waals surface area contributed by atoms with Crippen LogP contribution in [0.2, 0.25) is 0 Å².